The van der Waals surface area contributed by atoms with Gasteiger partial charge in [-0.2, -0.15) is 0 Å². The first-order valence-corrected chi connectivity index (χ1v) is 8.81. The summed E-state index contributed by atoms with van der Waals surface area (Å²) in [5.41, 5.74) is 5.36. The molecule has 24 heavy (non-hydrogen) atoms. The second kappa shape index (κ2) is 7.52. The Balaban J connectivity index is 1.85. The second-order valence-corrected chi connectivity index (χ2v) is 6.39. The molecular weight excluding hydrogens is 298 g/mol. The van der Waals surface area contributed by atoms with Crippen molar-refractivity contribution in [1.82, 2.24) is 0 Å². The highest BCUT2D eigenvalue weighted by atomic mass is 16.5. The fraction of sp³-hybridized carbons (Fsp3) is 0.381. The van der Waals surface area contributed by atoms with Crippen molar-refractivity contribution in [1.29, 1.82) is 0 Å². The predicted molar refractivity (Wildman–Crippen MR) is 98.0 cm³/mol. The molecule has 0 radical (unpaired) electrons. The van der Waals surface area contributed by atoms with Gasteiger partial charge in [-0.15, -0.1) is 0 Å². The highest BCUT2D eigenvalue weighted by molar-refractivity contribution is 6.05. The van der Waals surface area contributed by atoms with Crippen molar-refractivity contribution in [3.8, 4) is 5.75 Å². The number of fused-ring (bicyclic) bond motifs is 1. The van der Waals surface area contributed by atoms with Crippen molar-refractivity contribution in [2.45, 2.75) is 45.4 Å². The molecule has 3 heteroatoms. The third-order valence-electron chi connectivity index (χ3n) is 4.79. The molecular formula is C21H25NO2. The van der Waals surface area contributed by atoms with Gasteiger partial charge in [0.2, 0.25) is 0 Å². The predicted octanol–water partition coefficient (Wildman–Crippen LogP) is 4.78. The van der Waals surface area contributed by atoms with Crippen LogP contribution in [0.5, 0.6) is 5.75 Å². The molecule has 0 unspecified atom stereocenters. The van der Waals surface area contributed by atoms with Crippen LogP contribution in [0.15, 0.2) is 36.4 Å². The van der Waals surface area contributed by atoms with Crippen LogP contribution in [-0.4, -0.2) is 13.0 Å². The van der Waals surface area contributed by atoms with Crippen LogP contribution in [0.2, 0.25) is 0 Å². The maximum Gasteiger partial charge on any atom is 0.255 e. The summed E-state index contributed by atoms with van der Waals surface area (Å²) in [6.07, 6.45) is 6.85. The van der Waals surface area contributed by atoms with E-state index in [0.29, 0.717) is 5.56 Å². The molecule has 3 rings (SSSR count). The molecule has 0 atom stereocenters. The number of anilines is 1. The normalized spacial score (nSPS) is 13.8. The van der Waals surface area contributed by atoms with Gasteiger partial charge < -0.3 is 10.1 Å². The molecule has 2 aromatic rings. The minimum atomic E-state index is -0.0930. The fourth-order valence-corrected chi connectivity index (χ4v) is 3.29. The molecule has 0 bridgehead atoms. The summed E-state index contributed by atoms with van der Waals surface area (Å²) in [5.74, 6) is 0.652. The van der Waals surface area contributed by atoms with Gasteiger partial charge in [0.05, 0.1) is 12.8 Å². The van der Waals surface area contributed by atoms with Gasteiger partial charge in [-0.3, -0.25) is 4.79 Å². The number of methoxy groups -OCH3 is 1. The highest BCUT2D eigenvalue weighted by Gasteiger charge is 2.15. The number of ether oxygens (including phenoxy) is 1. The van der Waals surface area contributed by atoms with Crippen molar-refractivity contribution in [2.24, 2.45) is 0 Å². The fourth-order valence-electron chi connectivity index (χ4n) is 3.29. The van der Waals surface area contributed by atoms with Gasteiger partial charge in [0.25, 0.3) is 5.91 Å². The standard InChI is InChI=1S/C21H25NO2/c1-3-15-9-11-16(12-10-15)21(23)22-19-13-17-7-5-4-6-8-18(17)14-20(19)24-2/h9-14H,3-8H2,1-2H3,(H,22,23). The summed E-state index contributed by atoms with van der Waals surface area (Å²) in [5, 5.41) is 3.02. The van der Waals surface area contributed by atoms with E-state index >= 15 is 0 Å². The Morgan fingerprint density at radius 3 is 2.33 bits per heavy atom. The third-order valence-corrected chi connectivity index (χ3v) is 4.79. The van der Waals surface area contributed by atoms with Crippen LogP contribution in [0.4, 0.5) is 5.69 Å². The number of hydrogen-bond acceptors (Lipinski definition) is 2. The van der Waals surface area contributed by atoms with E-state index < -0.39 is 0 Å². The summed E-state index contributed by atoms with van der Waals surface area (Å²) < 4.78 is 5.51. The molecule has 1 amide bonds. The zero-order valence-corrected chi connectivity index (χ0v) is 14.5. The molecule has 0 saturated heterocycles. The smallest absolute Gasteiger partial charge is 0.255 e. The van der Waals surface area contributed by atoms with E-state index in [0.717, 1.165) is 30.7 Å². The van der Waals surface area contributed by atoms with Crippen LogP contribution in [0, 0.1) is 0 Å². The zero-order valence-electron chi connectivity index (χ0n) is 14.5. The second-order valence-electron chi connectivity index (χ2n) is 6.39. The van der Waals surface area contributed by atoms with Gasteiger partial charge in [0.1, 0.15) is 5.75 Å². The lowest BCUT2D eigenvalue weighted by Gasteiger charge is -2.15. The number of hydrogen-bond donors (Lipinski definition) is 1. The third kappa shape index (κ3) is 3.61. The Morgan fingerprint density at radius 1 is 1.04 bits per heavy atom. The van der Waals surface area contributed by atoms with Crippen LogP contribution < -0.4 is 10.1 Å². The number of carbonyl (C=O) groups excluding carboxylic acids is 1. The summed E-state index contributed by atoms with van der Waals surface area (Å²) >= 11 is 0. The maximum absolute atomic E-state index is 12.6. The summed E-state index contributed by atoms with van der Waals surface area (Å²) in [7, 11) is 1.66. The lowest BCUT2D eigenvalue weighted by molar-refractivity contribution is 0.102. The molecule has 0 heterocycles. The molecule has 2 aromatic carbocycles. The Kier molecular flexibility index (Phi) is 5.19. The van der Waals surface area contributed by atoms with Crippen molar-refractivity contribution < 1.29 is 9.53 Å². The molecule has 126 valence electrons. The van der Waals surface area contributed by atoms with E-state index in [4.69, 9.17) is 4.74 Å². The molecule has 0 spiro atoms. The highest BCUT2D eigenvalue weighted by Crippen LogP contribution is 2.32. The Bertz CT molecular complexity index is 719. The Hall–Kier alpha value is -2.29. The number of benzene rings is 2. The minimum absolute atomic E-state index is 0.0930. The molecule has 0 saturated carbocycles. The molecule has 1 aliphatic rings. The van der Waals surface area contributed by atoms with Crippen LogP contribution in [0.1, 0.15) is 53.2 Å². The molecule has 3 nitrogen and oxygen atoms in total. The first-order valence-electron chi connectivity index (χ1n) is 8.81. The average molecular weight is 323 g/mol. The van der Waals surface area contributed by atoms with Gasteiger partial charge in [-0.1, -0.05) is 25.5 Å². The zero-order chi connectivity index (χ0) is 16.9. The Morgan fingerprint density at radius 2 is 1.71 bits per heavy atom. The summed E-state index contributed by atoms with van der Waals surface area (Å²) in [6, 6.07) is 12.0. The quantitative estimate of drug-likeness (QED) is 0.822. The maximum atomic E-state index is 12.6. The van der Waals surface area contributed by atoms with Gasteiger partial charge in [-0.05, 0) is 73.1 Å². The van der Waals surface area contributed by atoms with Gasteiger partial charge in [0, 0.05) is 5.56 Å². The van der Waals surface area contributed by atoms with Gasteiger partial charge in [-0.25, -0.2) is 0 Å². The van der Waals surface area contributed by atoms with Gasteiger partial charge in [0.15, 0.2) is 0 Å². The van der Waals surface area contributed by atoms with E-state index in [1.165, 1.54) is 36.0 Å². The Labute approximate surface area is 144 Å². The molecule has 0 aliphatic heterocycles. The topological polar surface area (TPSA) is 38.3 Å². The lowest BCUT2D eigenvalue weighted by Crippen LogP contribution is -2.13. The number of carbonyl (C=O) groups is 1. The van der Waals surface area contributed by atoms with E-state index in [1.54, 1.807) is 7.11 Å². The van der Waals surface area contributed by atoms with Crippen LogP contribution >= 0.6 is 0 Å². The SMILES string of the molecule is CCc1ccc(C(=O)Nc2cc3c(cc2OC)CCCCC3)cc1. The largest absolute Gasteiger partial charge is 0.495 e. The number of aryl methyl sites for hydroxylation is 3. The number of amides is 1. The van der Waals surface area contributed by atoms with Crippen molar-refractivity contribution in [3.63, 3.8) is 0 Å². The van der Waals surface area contributed by atoms with Crippen molar-refractivity contribution in [3.05, 3.63) is 58.7 Å². The number of nitrogens with one attached hydrogen (secondary N) is 1. The van der Waals surface area contributed by atoms with Crippen LogP contribution in [0.25, 0.3) is 0 Å². The van der Waals surface area contributed by atoms with E-state index in [2.05, 4.69) is 24.4 Å². The van der Waals surface area contributed by atoms with E-state index in [-0.39, 0.29) is 5.91 Å². The first kappa shape index (κ1) is 16.6. The van der Waals surface area contributed by atoms with Crippen molar-refractivity contribution >= 4 is 11.6 Å². The average Bonchev–Trinajstić information content (AvgIpc) is 2.85. The summed E-state index contributed by atoms with van der Waals surface area (Å²) in [6.45, 7) is 2.11. The first-order chi connectivity index (χ1) is 11.7. The lowest BCUT2D eigenvalue weighted by atomic mass is 10.0. The number of rotatable bonds is 4. The van der Waals surface area contributed by atoms with Crippen LogP contribution in [-0.2, 0) is 19.3 Å². The molecule has 1 aliphatic carbocycles. The summed E-state index contributed by atoms with van der Waals surface area (Å²) in [4.78, 5) is 12.6. The van der Waals surface area contributed by atoms with Crippen molar-refractivity contribution in [2.75, 3.05) is 12.4 Å². The minimum Gasteiger partial charge on any atom is -0.495 e. The van der Waals surface area contributed by atoms with Gasteiger partial charge >= 0.3 is 0 Å². The monoisotopic (exact) mass is 323 g/mol. The van der Waals surface area contributed by atoms with E-state index in [1.807, 2.05) is 24.3 Å². The molecule has 1 N–H and O–H groups in total. The molecule has 0 fully saturated rings. The van der Waals surface area contributed by atoms with Crippen LogP contribution in [0.3, 0.4) is 0 Å². The van der Waals surface area contributed by atoms with E-state index in [9.17, 15) is 4.79 Å². The molecule has 0 aromatic heterocycles.